The molecule has 4 nitrogen and oxygen atoms in total. The van der Waals surface area contributed by atoms with E-state index in [0.717, 1.165) is 5.56 Å². The Kier molecular flexibility index (Phi) is 3.69. The van der Waals surface area contributed by atoms with E-state index in [0.29, 0.717) is 21.8 Å². The van der Waals surface area contributed by atoms with Crippen molar-refractivity contribution in [3.8, 4) is 0 Å². The molecule has 0 spiro atoms. The number of nitrogens with zero attached hydrogens (tertiary/aromatic N) is 2. The van der Waals surface area contributed by atoms with Crippen molar-refractivity contribution in [2.75, 3.05) is 0 Å². The summed E-state index contributed by atoms with van der Waals surface area (Å²) in [5, 5.41) is 12.2. The molecule has 0 radical (unpaired) electrons. The maximum absolute atomic E-state index is 11.9. The summed E-state index contributed by atoms with van der Waals surface area (Å²) >= 11 is 5.18. The largest absolute Gasteiger partial charge is 0.763 e. The van der Waals surface area contributed by atoms with Crippen molar-refractivity contribution in [2.45, 2.75) is 19.8 Å². The van der Waals surface area contributed by atoms with Gasteiger partial charge in [0.2, 0.25) is 0 Å². The molecule has 0 saturated carbocycles. The van der Waals surface area contributed by atoms with Gasteiger partial charge in [-0.25, -0.2) is 0 Å². The predicted molar refractivity (Wildman–Crippen MR) is 78.0 cm³/mol. The van der Waals surface area contributed by atoms with E-state index >= 15 is 0 Å². The number of aromatic nitrogens is 1. The van der Waals surface area contributed by atoms with Crippen LogP contribution in [-0.4, -0.2) is 21.6 Å². The summed E-state index contributed by atoms with van der Waals surface area (Å²) in [6, 6.07) is 3.63. The number of rotatable bonds is 2. The number of carbonyl (C=O) groups is 1. The lowest BCUT2D eigenvalue weighted by Crippen LogP contribution is -2.34. The number of carbonyl (C=O) groups excluding carboxylic acids is 1. The zero-order chi connectivity index (χ0) is 14.0. The van der Waals surface area contributed by atoms with E-state index in [1.807, 2.05) is 6.07 Å². The number of hydrogen-bond donors (Lipinski definition) is 1. The first-order chi connectivity index (χ1) is 9.06. The summed E-state index contributed by atoms with van der Waals surface area (Å²) in [5.41, 5.74) is 2.45. The van der Waals surface area contributed by atoms with Crippen molar-refractivity contribution in [1.82, 2.24) is 10.3 Å². The van der Waals surface area contributed by atoms with Gasteiger partial charge in [0, 0.05) is 35.2 Å². The summed E-state index contributed by atoms with van der Waals surface area (Å²) in [7, 11) is 0. The number of ketones is 1. The summed E-state index contributed by atoms with van der Waals surface area (Å²) in [6.07, 6.45) is 3.31. The molecule has 5 heteroatoms. The molecule has 1 aliphatic rings. The number of Topliss-reactive ketones (excluding diaryl/α,β-unsaturated/α-hetero) is 1. The van der Waals surface area contributed by atoms with E-state index in [2.05, 4.69) is 16.2 Å². The summed E-state index contributed by atoms with van der Waals surface area (Å²) < 4.78 is 0. The molecule has 96 valence electrons. The van der Waals surface area contributed by atoms with Crippen LogP contribution in [-0.2, 0) is 4.79 Å². The lowest BCUT2D eigenvalue weighted by Gasteiger charge is -2.30. The molecular weight excluding hydrogens is 258 g/mol. The Labute approximate surface area is 116 Å². The van der Waals surface area contributed by atoms with Crippen LogP contribution >= 0.6 is 12.2 Å². The lowest BCUT2D eigenvalue weighted by molar-refractivity contribution is -0.113. The second-order valence-electron chi connectivity index (χ2n) is 4.29. The fourth-order valence-electron chi connectivity index (χ4n) is 2.26. The number of thiocarbonyl (C=S) groups is 1. The van der Waals surface area contributed by atoms with Crippen LogP contribution in [0.1, 0.15) is 25.3 Å². The fraction of sp³-hybridized carbons (Fsp3) is 0.214. The molecule has 2 rings (SSSR count). The van der Waals surface area contributed by atoms with Gasteiger partial charge in [0.05, 0.1) is 0 Å². The molecule has 0 bridgehead atoms. The van der Waals surface area contributed by atoms with Crippen molar-refractivity contribution in [3.63, 3.8) is 0 Å². The molecule has 0 saturated heterocycles. The minimum Gasteiger partial charge on any atom is -0.763 e. The van der Waals surface area contributed by atoms with Gasteiger partial charge in [0.15, 0.2) is 5.78 Å². The van der Waals surface area contributed by atoms with Gasteiger partial charge >= 0.3 is 0 Å². The highest BCUT2D eigenvalue weighted by atomic mass is 32.1. The van der Waals surface area contributed by atoms with Gasteiger partial charge in [0.25, 0.3) is 0 Å². The van der Waals surface area contributed by atoms with Crippen molar-refractivity contribution >= 4 is 28.9 Å². The minimum absolute atomic E-state index is 0.0749. The molecule has 2 heterocycles. The second-order valence-corrected chi connectivity index (χ2v) is 4.70. The van der Waals surface area contributed by atoms with Crippen LogP contribution in [0.15, 0.2) is 41.4 Å². The van der Waals surface area contributed by atoms with Gasteiger partial charge in [-0.1, -0.05) is 18.3 Å². The Balaban J connectivity index is 2.69. The summed E-state index contributed by atoms with van der Waals surface area (Å²) in [6.45, 7) is 3.29. The third-order valence-electron chi connectivity index (χ3n) is 3.04. The highest BCUT2D eigenvalue weighted by Crippen LogP contribution is 2.35. The maximum Gasteiger partial charge on any atom is 0.158 e. The first kappa shape index (κ1) is 13.3. The van der Waals surface area contributed by atoms with Crippen molar-refractivity contribution in [2.24, 2.45) is 0 Å². The molecular formula is C14H12N3OS-. The second kappa shape index (κ2) is 5.26. The summed E-state index contributed by atoms with van der Waals surface area (Å²) in [5.74, 6) is 1.61. The average molecular weight is 270 g/mol. The van der Waals surface area contributed by atoms with Crippen molar-refractivity contribution in [1.29, 1.82) is 0 Å². The van der Waals surface area contributed by atoms with Crippen LogP contribution in [0, 0.1) is 0 Å². The Morgan fingerprint density at radius 1 is 1.58 bits per heavy atom. The number of hydrogen-bond acceptors (Lipinski definition) is 3. The van der Waals surface area contributed by atoms with Crippen LogP contribution in [0.2, 0.25) is 0 Å². The smallest absolute Gasteiger partial charge is 0.158 e. The van der Waals surface area contributed by atoms with Gasteiger partial charge in [-0.05, 0) is 25.5 Å². The minimum atomic E-state index is -0.426. The predicted octanol–water partition coefficient (Wildman–Crippen LogP) is 2.12. The molecule has 0 aromatic carbocycles. The molecule has 1 aromatic rings. The first-order valence-electron chi connectivity index (χ1n) is 5.76. The monoisotopic (exact) mass is 270 g/mol. The molecule has 1 atom stereocenters. The highest BCUT2D eigenvalue weighted by molar-refractivity contribution is 7.80. The Morgan fingerprint density at radius 3 is 2.84 bits per heavy atom. The molecule has 0 amide bonds. The van der Waals surface area contributed by atoms with Gasteiger partial charge in [-0.2, -0.15) is 0 Å². The Hall–Kier alpha value is -2.10. The number of allylic oxidation sites excluding steroid dienone is 2. The molecule has 1 aromatic heterocycles. The van der Waals surface area contributed by atoms with E-state index in [1.165, 1.54) is 6.92 Å². The van der Waals surface area contributed by atoms with Gasteiger partial charge in [-0.15, -0.1) is 0 Å². The maximum atomic E-state index is 11.9. The first-order valence-corrected chi connectivity index (χ1v) is 6.17. The zero-order valence-electron chi connectivity index (χ0n) is 10.6. The molecule has 1 N–H and O–H groups in total. The van der Waals surface area contributed by atoms with E-state index in [1.54, 1.807) is 25.4 Å². The molecule has 0 aliphatic carbocycles. The lowest BCUT2D eigenvalue weighted by atomic mass is 9.81. The molecule has 1 unspecified atom stereocenters. The van der Waals surface area contributed by atoms with Gasteiger partial charge < -0.3 is 10.7 Å². The zero-order valence-corrected chi connectivity index (χ0v) is 11.4. The van der Waals surface area contributed by atoms with Crippen LogP contribution in [0.5, 0.6) is 0 Å². The Bertz CT molecular complexity index is 627. The van der Waals surface area contributed by atoms with E-state index in [9.17, 15) is 10.2 Å². The standard InChI is InChI=1S/C14H12N3OS/c1-8-12(9(2)18)13(10-4-3-5-16-7-10)11(6-15)14(19)17-8/h3-5,7,13H,1-2H3,(H,17,19)/q-1. The van der Waals surface area contributed by atoms with Crippen LogP contribution in [0.25, 0.3) is 5.41 Å². The highest BCUT2D eigenvalue weighted by Gasteiger charge is 2.31. The van der Waals surface area contributed by atoms with Crippen LogP contribution in [0.4, 0.5) is 0 Å². The SMILES string of the molecule is CC(=O)C1=C(C)NC(=S)C(=C=[N-])C1c1cccnc1. The topological polar surface area (TPSA) is 64.3 Å². The van der Waals surface area contributed by atoms with E-state index in [4.69, 9.17) is 12.2 Å². The van der Waals surface area contributed by atoms with Gasteiger partial charge in [0.1, 0.15) is 4.99 Å². The number of pyridine rings is 1. The fourth-order valence-corrected chi connectivity index (χ4v) is 2.58. The van der Waals surface area contributed by atoms with E-state index < -0.39 is 5.92 Å². The molecule has 1 aliphatic heterocycles. The normalized spacial score (nSPS) is 18.9. The summed E-state index contributed by atoms with van der Waals surface area (Å²) in [4.78, 5) is 16.3. The van der Waals surface area contributed by atoms with Crippen LogP contribution in [0.3, 0.4) is 0 Å². The number of nitrogens with one attached hydrogen (secondary N) is 1. The average Bonchev–Trinajstić information content (AvgIpc) is 2.38. The van der Waals surface area contributed by atoms with Crippen molar-refractivity contribution in [3.05, 3.63) is 52.3 Å². The van der Waals surface area contributed by atoms with E-state index in [-0.39, 0.29) is 5.78 Å². The Morgan fingerprint density at radius 2 is 2.32 bits per heavy atom. The van der Waals surface area contributed by atoms with Crippen molar-refractivity contribution < 1.29 is 4.79 Å². The van der Waals surface area contributed by atoms with Gasteiger partial charge in [-0.3, -0.25) is 15.6 Å². The third-order valence-corrected chi connectivity index (χ3v) is 3.37. The molecule has 0 fully saturated rings. The molecule has 19 heavy (non-hydrogen) atoms. The third kappa shape index (κ3) is 2.38. The van der Waals surface area contributed by atoms with Crippen LogP contribution < -0.4 is 5.32 Å². The quantitative estimate of drug-likeness (QED) is 0.508.